The first-order chi connectivity index (χ1) is 13.5. The second-order valence-electron chi connectivity index (χ2n) is 6.93. The van der Waals surface area contributed by atoms with Crippen LogP contribution in [0.2, 0.25) is 0 Å². The fourth-order valence-electron chi connectivity index (χ4n) is 3.45. The maximum absolute atomic E-state index is 8.68. The van der Waals surface area contributed by atoms with Crippen LogP contribution in [0.25, 0.3) is 11.1 Å². The molecule has 1 fully saturated rings. The number of ether oxygens (including phenoxy) is 1. The third-order valence-electron chi connectivity index (χ3n) is 5.07. The zero-order chi connectivity index (χ0) is 19.7. The minimum atomic E-state index is 0.213. The van der Waals surface area contributed by atoms with Gasteiger partial charge in [0.15, 0.2) is 0 Å². The van der Waals surface area contributed by atoms with E-state index >= 15 is 0 Å². The van der Waals surface area contributed by atoms with Crippen LogP contribution in [0.3, 0.4) is 0 Å². The summed E-state index contributed by atoms with van der Waals surface area (Å²) in [4.78, 5) is 10.8. The first kappa shape index (κ1) is 18.1. The van der Waals surface area contributed by atoms with Crippen molar-refractivity contribution < 1.29 is 4.74 Å². The average Bonchev–Trinajstić information content (AvgIpc) is 3.37. The van der Waals surface area contributed by atoms with Crippen LogP contribution in [0.1, 0.15) is 17.7 Å². The molecule has 8 heteroatoms. The standard InChI is InChI=1S/C20H23N7O/c1-26-10-14(9-25-26)13-3-4-17(21)16(7-13)20(22)18-8-19(24-12-23-18)27-6-5-15(11-27)28-2/h3-4,7-10,12,15,22H,5-6,11,21H2,1-2H3. The lowest BCUT2D eigenvalue weighted by atomic mass is 9.99. The molecule has 0 spiro atoms. The van der Waals surface area contributed by atoms with Crippen LogP contribution < -0.4 is 10.6 Å². The highest BCUT2D eigenvalue weighted by atomic mass is 16.5. The number of aryl methyl sites for hydroxylation is 1. The molecule has 144 valence electrons. The Kier molecular flexibility index (Phi) is 4.79. The predicted octanol–water partition coefficient (Wildman–Crippen LogP) is 2.10. The average molecular weight is 377 g/mol. The molecule has 1 aromatic carbocycles. The normalized spacial score (nSPS) is 16.5. The number of anilines is 2. The Morgan fingerprint density at radius 1 is 1.25 bits per heavy atom. The third-order valence-corrected chi connectivity index (χ3v) is 5.07. The molecule has 1 aliphatic rings. The highest BCUT2D eigenvalue weighted by molar-refractivity contribution is 6.13. The number of hydrogen-bond acceptors (Lipinski definition) is 7. The first-order valence-electron chi connectivity index (χ1n) is 9.13. The lowest BCUT2D eigenvalue weighted by Gasteiger charge is -2.18. The van der Waals surface area contributed by atoms with Gasteiger partial charge >= 0.3 is 0 Å². The summed E-state index contributed by atoms with van der Waals surface area (Å²) in [5.74, 6) is 0.802. The molecule has 0 aliphatic carbocycles. The lowest BCUT2D eigenvalue weighted by molar-refractivity contribution is 0.121. The lowest BCUT2D eigenvalue weighted by Crippen LogP contribution is -2.23. The van der Waals surface area contributed by atoms with Gasteiger partial charge in [-0.25, -0.2) is 9.97 Å². The molecule has 4 rings (SSSR count). The molecule has 1 aliphatic heterocycles. The van der Waals surface area contributed by atoms with Crippen LogP contribution in [0.4, 0.5) is 11.5 Å². The molecule has 0 amide bonds. The van der Waals surface area contributed by atoms with Crippen molar-refractivity contribution in [1.29, 1.82) is 5.41 Å². The molecule has 0 bridgehead atoms. The van der Waals surface area contributed by atoms with Gasteiger partial charge in [0.2, 0.25) is 0 Å². The van der Waals surface area contributed by atoms with E-state index in [1.165, 1.54) is 6.33 Å². The van der Waals surface area contributed by atoms with Crippen molar-refractivity contribution in [1.82, 2.24) is 19.7 Å². The van der Waals surface area contributed by atoms with E-state index in [1.807, 2.05) is 37.5 Å². The van der Waals surface area contributed by atoms with E-state index in [2.05, 4.69) is 20.0 Å². The summed E-state index contributed by atoms with van der Waals surface area (Å²) in [5, 5.41) is 12.9. The van der Waals surface area contributed by atoms with E-state index in [9.17, 15) is 0 Å². The fraction of sp³-hybridized carbons (Fsp3) is 0.300. The van der Waals surface area contributed by atoms with Gasteiger partial charge in [-0.15, -0.1) is 0 Å². The smallest absolute Gasteiger partial charge is 0.132 e. The Hall–Kier alpha value is -3.26. The van der Waals surface area contributed by atoms with E-state index < -0.39 is 0 Å². The molecule has 28 heavy (non-hydrogen) atoms. The zero-order valence-corrected chi connectivity index (χ0v) is 16.0. The Morgan fingerprint density at radius 2 is 2.11 bits per heavy atom. The van der Waals surface area contributed by atoms with Crippen LogP contribution >= 0.6 is 0 Å². The molecule has 3 aromatic rings. The van der Waals surface area contributed by atoms with E-state index in [0.29, 0.717) is 16.9 Å². The molecule has 1 atom stereocenters. The van der Waals surface area contributed by atoms with Crippen LogP contribution in [-0.4, -0.2) is 51.8 Å². The summed E-state index contributed by atoms with van der Waals surface area (Å²) in [6.45, 7) is 1.67. The van der Waals surface area contributed by atoms with E-state index in [0.717, 1.165) is 36.5 Å². The number of nitrogens with two attached hydrogens (primary N) is 1. The van der Waals surface area contributed by atoms with Gasteiger partial charge < -0.3 is 15.4 Å². The van der Waals surface area contributed by atoms with Crippen molar-refractivity contribution in [2.24, 2.45) is 7.05 Å². The second-order valence-corrected chi connectivity index (χ2v) is 6.93. The minimum Gasteiger partial charge on any atom is -0.398 e. The third kappa shape index (κ3) is 3.46. The summed E-state index contributed by atoms with van der Waals surface area (Å²) in [6.07, 6.45) is 6.40. The molecular weight excluding hydrogens is 354 g/mol. The molecular formula is C20H23N7O. The van der Waals surface area contributed by atoms with Crippen molar-refractivity contribution in [2.75, 3.05) is 30.8 Å². The predicted molar refractivity (Wildman–Crippen MR) is 109 cm³/mol. The van der Waals surface area contributed by atoms with Gasteiger partial charge in [0, 0.05) is 56.3 Å². The quantitative estimate of drug-likeness (QED) is 0.521. The Labute approximate surface area is 163 Å². The van der Waals surface area contributed by atoms with E-state index in [4.69, 9.17) is 15.9 Å². The summed E-state index contributed by atoms with van der Waals surface area (Å²) in [5.41, 5.74) is 10.1. The molecule has 0 saturated carbocycles. The van der Waals surface area contributed by atoms with Gasteiger partial charge in [0.1, 0.15) is 12.1 Å². The van der Waals surface area contributed by atoms with E-state index in [-0.39, 0.29) is 11.8 Å². The van der Waals surface area contributed by atoms with Gasteiger partial charge in [-0.1, -0.05) is 6.07 Å². The maximum atomic E-state index is 8.68. The number of methoxy groups -OCH3 is 1. The molecule has 8 nitrogen and oxygen atoms in total. The monoisotopic (exact) mass is 377 g/mol. The van der Waals surface area contributed by atoms with Crippen molar-refractivity contribution in [2.45, 2.75) is 12.5 Å². The van der Waals surface area contributed by atoms with Crippen LogP contribution in [0.15, 0.2) is 43.0 Å². The van der Waals surface area contributed by atoms with Crippen LogP contribution in [-0.2, 0) is 11.8 Å². The Morgan fingerprint density at radius 3 is 2.82 bits per heavy atom. The number of rotatable bonds is 5. The molecule has 3 N–H and O–H groups in total. The van der Waals surface area contributed by atoms with Gasteiger partial charge in [-0.05, 0) is 24.1 Å². The maximum Gasteiger partial charge on any atom is 0.132 e. The highest BCUT2D eigenvalue weighted by Crippen LogP contribution is 2.26. The van der Waals surface area contributed by atoms with Gasteiger partial charge in [-0.3, -0.25) is 10.1 Å². The first-order valence-corrected chi connectivity index (χ1v) is 9.13. The van der Waals surface area contributed by atoms with E-state index in [1.54, 1.807) is 18.0 Å². The highest BCUT2D eigenvalue weighted by Gasteiger charge is 2.24. The number of aromatic nitrogens is 4. The Balaban J connectivity index is 1.64. The molecule has 0 radical (unpaired) electrons. The number of nitrogens with zero attached hydrogens (tertiary/aromatic N) is 5. The zero-order valence-electron chi connectivity index (χ0n) is 16.0. The number of hydrogen-bond donors (Lipinski definition) is 2. The van der Waals surface area contributed by atoms with Crippen molar-refractivity contribution in [3.63, 3.8) is 0 Å². The topological polar surface area (TPSA) is 106 Å². The van der Waals surface area contributed by atoms with Crippen molar-refractivity contribution in [3.8, 4) is 11.1 Å². The van der Waals surface area contributed by atoms with Crippen molar-refractivity contribution >= 4 is 17.2 Å². The second kappa shape index (κ2) is 7.40. The van der Waals surface area contributed by atoms with Crippen LogP contribution in [0, 0.1) is 5.41 Å². The SMILES string of the molecule is COC1CCN(c2cc(C(=N)c3cc(-c4cnn(C)c4)ccc3N)ncn2)C1. The minimum absolute atomic E-state index is 0.213. The van der Waals surface area contributed by atoms with Crippen molar-refractivity contribution in [3.05, 3.63) is 54.2 Å². The summed E-state index contributed by atoms with van der Waals surface area (Å²) in [6, 6.07) is 7.51. The summed E-state index contributed by atoms with van der Waals surface area (Å²) < 4.78 is 7.18. The van der Waals surface area contributed by atoms with Gasteiger partial charge in [-0.2, -0.15) is 5.10 Å². The molecule has 1 unspecified atom stereocenters. The molecule has 1 saturated heterocycles. The number of nitrogen functional groups attached to an aromatic ring is 1. The Bertz CT molecular complexity index is 1010. The van der Waals surface area contributed by atoms with Crippen LogP contribution in [0.5, 0.6) is 0 Å². The largest absolute Gasteiger partial charge is 0.398 e. The van der Waals surface area contributed by atoms with Gasteiger partial charge in [0.05, 0.1) is 23.7 Å². The number of benzene rings is 1. The molecule has 2 aromatic heterocycles. The van der Waals surface area contributed by atoms with Gasteiger partial charge in [0.25, 0.3) is 0 Å². The summed E-state index contributed by atoms with van der Waals surface area (Å²) >= 11 is 0. The molecule has 3 heterocycles. The summed E-state index contributed by atoms with van der Waals surface area (Å²) in [7, 11) is 3.60. The fourth-order valence-corrected chi connectivity index (χ4v) is 3.45. The number of nitrogens with one attached hydrogen (secondary N) is 1.